The van der Waals surface area contributed by atoms with Crippen LogP contribution in [0.15, 0.2) is 364 Å². The minimum absolute atomic E-state index is 1.06. The fourth-order valence-electron chi connectivity index (χ4n) is 12.7. The lowest BCUT2D eigenvalue weighted by atomic mass is 10.0. The standard InChI is InChI=1S/C86H60N4S2/c1-6-18-65(19-7-1)83-56-58-85(91-83)67-38-50-74(51-39-67)87(69-22-10-3-11-23-69)72-42-30-61(31-43-72)63-34-46-76(47-35-63)89(78-54-55-82-80(60-78)79-28-16-17-29-81(79)90(82)71-26-14-5-15-27-71)77-48-36-64(37-49-77)62-32-44-73(45-33-62)88(70-24-12-4-13-25-70)75-52-40-68(41-53-75)86-59-57-84(92-86)66-20-8-2-9-21-66/h1-60H. The summed E-state index contributed by atoms with van der Waals surface area (Å²) in [6, 6.07) is 132. The maximum absolute atomic E-state index is 2.39. The molecule has 0 spiro atoms. The molecule has 0 N–H and O–H groups in total. The first-order chi connectivity index (χ1) is 45.6. The fourth-order valence-corrected chi connectivity index (χ4v) is 14.7. The highest BCUT2D eigenvalue weighted by atomic mass is 32.1. The number of nitrogens with zero attached hydrogens (tertiary/aromatic N) is 4. The summed E-state index contributed by atoms with van der Waals surface area (Å²) in [6.07, 6.45) is 0. The van der Waals surface area contributed by atoms with Gasteiger partial charge in [-0.25, -0.2) is 0 Å². The molecule has 0 radical (unpaired) electrons. The first-order valence-electron chi connectivity index (χ1n) is 31.1. The van der Waals surface area contributed by atoms with Gasteiger partial charge in [0, 0.05) is 87.2 Å². The van der Waals surface area contributed by atoms with Crippen molar-refractivity contribution >= 4 is 95.7 Å². The maximum Gasteiger partial charge on any atom is 0.0542 e. The normalized spacial score (nSPS) is 11.3. The smallest absolute Gasteiger partial charge is 0.0542 e. The van der Waals surface area contributed by atoms with Crippen molar-refractivity contribution in [3.63, 3.8) is 0 Å². The maximum atomic E-state index is 2.39. The zero-order valence-corrected chi connectivity index (χ0v) is 51.9. The Morgan fingerprint density at radius 1 is 0.185 bits per heavy atom. The quantitative estimate of drug-likeness (QED) is 0.0958. The lowest BCUT2D eigenvalue weighted by Gasteiger charge is -2.27. The van der Waals surface area contributed by atoms with Gasteiger partial charge in [-0.3, -0.25) is 0 Å². The SMILES string of the molecule is c1ccc(-c2ccc(-c3ccc(N(c4ccccc4)c4ccc(-c5ccc(N(c6ccc(-c7ccc(N(c8ccccc8)c8ccc(-c9ccc(-c%10ccccc%10)s9)cc8)cc7)cc6)c6ccc7c(c6)c6ccccc6n7-c6ccccc6)cc5)cc4)cc3)s2)cc1. The molecule has 0 fully saturated rings. The zero-order chi connectivity index (χ0) is 61.2. The molecular weight excluding hydrogens is 1150 g/mol. The Morgan fingerprint density at radius 2 is 0.446 bits per heavy atom. The highest BCUT2D eigenvalue weighted by Crippen LogP contribution is 2.45. The van der Waals surface area contributed by atoms with Crippen LogP contribution in [-0.4, -0.2) is 4.57 Å². The van der Waals surface area contributed by atoms with Crippen LogP contribution in [0, 0.1) is 0 Å². The molecule has 0 unspecified atom stereocenters. The van der Waals surface area contributed by atoms with Crippen molar-refractivity contribution in [1.29, 1.82) is 0 Å². The van der Waals surface area contributed by atoms with Gasteiger partial charge < -0.3 is 19.3 Å². The highest BCUT2D eigenvalue weighted by molar-refractivity contribution is 7.19. The summed E-state index contributed by atoms with van der Waals surface area (Å²) in [6.45, 7) is 0. The van der Waals surface area contributed by atoms with Gasteiger partial charge in [0.25, 0.3) is 0 Å². The van der Waals surface area contributed by atoms with E-state index in [9.17, 15) is 0 Å². The molecular formula is C86H60N4S2. The van der Waals surface area contributed by atoms with Crippen molar-refractivity contribution < 1.29 is 0 Å². The van der Waals surface area contributed by atoms with Gasteiger partial charge in [-0.05, 0) is 202 Å². The summed E-state index contributed by atoms with van der Waals surface area (Å²) < 4.78 is 2.38. The first kappa shape index (κ1) is 55.7. The summed E-state index contributed by atoms with van der Waals surface area (Å²) in [4.78, 5) is 12.1. The Balaban J connectivity index is 0.704. The number of anilines is 9. The van der Waals surface area contributed by atoms with Gasteiger partial charge in [0.05, 0.1) is 11.0 Å². The molecule has 4 nitrogen and oxygen atoms in total. The Morgan fingerprint density at radius 3 is 0.815 bits per heavy atom. The number of aromatic nitrogens is 1. The van der Waals surface area contributed by atoms with E-state index < -0.39 is 0 Å². The first-order valence-corrected chi connectivity index (χ1v) is 32.8. The van der Waals surface area contributed by atoms with Crippen molar-refractivity contribution in [3.8, 4) is 69.7 Å². The van der Waals surface area contributed by atoms with E-state index >= 15 is 0 Å². The van der Waals surface area contributed by atoms with Crippen LogP contribution in [-0.2, 0) is 0 Å². The summed E-state index contributed by atoms with van der Waals surface area (Å²) in [7, 11) is 0. The third-order valence-electron chi connectivity index (χ3n) is 17.3. The number of para-hydroxylation sites is 4. The van der Waals surface area contributed by atoms with Crippen LogP contribution >= 0.6 is 22.7 Å². The molecule has 13 aromatic carbocycles. The summed E-state index contributed by atoms with van der Waals surface area (Å²) in [5.74, 6) is 0. The van der Waals surface area contributed by atoms with Crippen LogP contribution in [0.25, 0.3) is 91.5 Å². The number of hydrogen-bond acceptors (Lipinski definition) is 5. The Hall–Kier alpha value is -11.5. The van der Waals surface area contributed by atoms with E-state index in [2.05, 4.69) is 383 Å². The van der Waals surface area contributed by atoms with Crippen molar-refractivity contribution in [1.82, 2.24) is 4.57 Å². The Labute approximate surface area is 545 Å². The van der Waals surface area contributed by atoms with Gasteiger partial charge in [-0.1, -0.05) is 206 Å². The molecule has 0 aliphatic carbocycles. The van der Waals surface area contributed by atoms with E-state index in [-0.39, 0.29) is 0 Å². The number of thiophene rings is 2. The Kier molecular flexibility index (Phi) is 15.0. The van der Waals surface area contributed by atoms with Crippen molar-refractivity contribution in [3.05, 3.63) is 364 Å². The predicted molar refractivity (Wildman–Crippen MR) is 393 cm³/mol. The molecule has 3 heterocycles. The van der Waals surface area contributed by atoms with Crippen molar-refractivity contribution in [2.45, 2.75) is 0 Å². The minimum atomic E-state index is 1.06. The second-order valence-electron chi connectivity index (χ2n) is 22.9. The molecule has 436 valence electrons. The van der Waals surface area contributed by atoms with Gasteiger partial charge in [0.15, 0.2) is 0 Å². The van der Waals surface area contributed by atoms with E-state index in [1.807, 2.05) is 22.7 Å². The summed E-state index contributed by atoms with van der Waals surface area (Å²) in [5, 5.41) is 2.41. The minimum Gasteiger partial charge on any atom is -0.311 e. The third-order valence-corrected chi connectivity index (χ3v) is 19.6. The topological polar surface area (TPSA) is 14.7 Å². The Bertz CT molecular complexity index is 4890. The fraction of sp³-hybridized carbons (Fsp3) is 0. The van der Waals surface area contributed by atoms with Crippen LogP contribution < -0.4 is 14.7 Å². The molecule has 6 heteroatoms. The number of hydrogen-bond donors (Lipinski definition) is 0. The second-order valence-corrected chi connectivity index (χ2v) is 25.1. The molecule has 0 amide bonds. The van der Waals surface area contributed by atoms with Gasteiger partial charge in [-0.2, -0.15) is 0 Å². The third kappa shape index (κ3) is 11.0. The van der Waals surface area contributed by atoms with Crippen LogP contribution in [0.2, 0.25) is 0 Å². The highest BCUT2D eigenvalue weighted by Gasteiger charge is 2.20. The van der Waals surface area contributed by atoms with Crippen LogP contribution in [0.3, 0.4) is 0 Å². The average molecular weight is 1210 g/mol. The van der Waals surface area contributed by atoms with E-state index in [0.29, 0.717) is 0 Å². The molecule has 0 aliphatic rings. The van der Waals surface area contributed by atoms with Gasteiger partial charge in [-0.15, -0.1) is 22.7 Å². The van der Waals surface area contributed by atoms with E-state index in [1.54, 1.807) is 0 Å². The van der Waals surface area contributed by atoms with Gasteiger partial charge in [0.1, 0.15) is 0 Å². The van der Waals surface area contributed by atoms with Crippen LogP contribution in [0.1, 0.15) is 0 Å². The predicted octanol–water partition coefficient (Wildman–Crippen LogP) is 25.3. The molecule has 0 bridgehead atoms. The molecule has 16 aromatic rings. The molecule has 0 atom stereocenters. The van der Waals surface area contributed by atoms with E-state index in [1.165, 1.54) is 58.1 Å². The number of rotatable bonds is 16. The molecule has 0 saturated heterocycles. The van der Waals surface area contributed by atoms with E-state index in [0.717, 1.165) is 84.6 Å². The largest absolute Gasteiger partial charge is 0.311 e. The lowest BCUT2D eigenvalue weighted by Crippen LogP contribution is -2.10. The lowest BCUT2D eigenvalue weighted by molar-refractivity contribution is 1.18. The van der Waals surface area contributed by atoms with Gasteiger partial charge in [0.2, 0.25) is 0 Å². The molecule has 16 rings (SSSR count). The molecule has 3 aromatic heterocycles. The van der Waals surface area contributed by atoms with Crippen molar-refractivity contribution in [2.24, 2.45) is 0 Å². The monoisotopic (exact) mass is 1210 g/mol. The van der Waals surface area contributed by atoms with Crippen molar-refractivity contribution in [2.75, 3.05) is 14.7 Å². The summed E-state index contributed by atoms with van der Waals surface area (Å²) in [5.41, 5.74) is 22.7. The van der Waals surface area contributed by atoms with Crippen LogP contribution in [0.5, 0.6) is 0 Å². The number of fused-ring (bicyclic) bond motifs is 3. The van der Waals surface area contributed by atoms with Crippen LogP contribution in [0.4, 0.5) is 51.2 Å². The molecule has 0 saturated carbocycles. The second kappa shape index (κ2) is 24.8. The molecule has 0 aliphatic heterocycles. The molecule has 92 heavy (non-hydrogen) atoms. The number of benzene rings is 13. The van der Waals surface area contributed by atoms with Gasteiger partial charge >= 0.3 is 0 Å². The zero-order valence-electron chi connectivity index (χ0n) is 50.2. The van der Waals surface area contributed by atoms with E-state index in [4.69, 9.17) is 0 Å². The average Bonchev–Trinajstić information content (AvgIpc) is 1.60. The summed E-state index contributed by atoms with van der Waals surface area (Å²) >= 11 is 3.65.